The first-order valence-electron chi connectivity index (χ1n) is 27.9. The Bertz CT molecular complexity index is 4620. The first-order chi connectivity index (χ1) is 40.0. The third-order valence-corrected chi connectivity index (χ3v) is 26.7. The van der Waals surface area contributed by atoms with Crippen LogP contribution >= 0.6 is 0 Å². The number of hydrogen-bond acceptors (Lipinski definition) is 2. The van der Waals surface area contributed by atoms with Crippen LogP contribution in [0, 0.1) is 64.2 Å². The molecular weight excluding hydrogens is 1060 g/mol. The van der Waals surface area contributed by atoms with Crippen molar-refractivity contribution in [1.82, 2.24) is 13.7 Å². The van der Waals surface area contributed by atoms with Crippen LogP contribution in [0.1, 0.15) is 44.5 Å². The summed E-state index contributed by atoms with van der Waals surface area (Å²) < 4.78 is 12.9. The van der Waals surface area contributed by atoms with Crippen LogP contribution in [0.25, 0.3) is 93.6 Å². The second kappa shape index (κ2) is 20.3. The summed E-state index contributed by atoms with van der Waals surface area (Å²) in [5.41, 5.74) is 20.0. The number of rotatable bonds is 8. The number of aryl methyl sites for hydroxylation is 6. The van der Waals surface area contributed by atoms with Crippen LogP contribution in [-0.2, 0) is 0 Å². The fourth-order valence-corrected chi connectivity index (χ4v) is 23.1. The molecule has 11 aromatic carbocycles. The number of aromatic nitrogens is 3. The van der Waals surface area contributed by atoms with E-state index in [2.05, 4.69) is 287 Å². The minimum absolute atomic E-state index is 0.370. The summed E-state index contributed by atoms with van der Waals surface area (Å²) in [6.45, 7) is 19.2. The zero-order valence-corrected chi connectivity index (χ0v) is 49.1. The van der Waals surface area contributed by atoms with Gasteiger partial charge in [-0.3, -0.25) is 0 Å². The van der Waals surface area contributed by atoms with Crippen molar-refractivity contribution in [3.8, 4) is 40.3 Å². The summed E-state index contributed by atoms with van der Waals surface area (Å²) >= 11 is -4.28. The van der Waals surface area contributed by atoms with Gasteiger partial charge in [0.05, 0.1) is 0 Å². The second-order valence-corrected chi connectivity index (χ2v) is 30.0. The van der Waals surface area contributed by atoms with E-state index >= 15 is 0 Å². The van der Waals surface area contributed by atoms with Gasteiger partial charge in [-0.2, -0.15) is 0 Å². The van der Waals surface area contributed by atoms with Crippen molar-refractivity contribution in [2.45, 2.75) is 41.5 Å². The fourth-order valence-electron chi connectivity index (χ4n) is 13.1. The molecular formula is C76H59GeN5. The normalized spacial score (nSPS) is 11.6. The molecule has 6 heteroatoms. The number of fused-ring (bicyclic) bond motifs is 9. The number of nitrogens with zero attached hydrogens (tertiary/aromatic N) is 5. The van der Waals surface area contributed by atoms with Gasteiger partial charge in [-0.1, -0.05) is 0 Å². The first kappa shape index (κ1) is 51.5. The molecule has 0 spiro atoms. The number of hydrogen-bond donors (Lipinski definition) is 0. The second-order valence-electron chi connectivity index (χ2n) is 22.0. The molecule has 0 unspecified atom stereocenters. The van der Waals surface area contributed by atoms with Crippen LogP contribution in [0.3, 0.4) is 0 Å². The molecule has 0 saturated carbocycles. The third-order valence-electron chi connectivity index (χ3n) is 16.8. The minimum atomic E-state index is -4.28. The molecule has 0 N–H and O–H groups in total. The van der Waals surface area contributed by atoms with Crippen molar-refractivity contribution >= 4 is 96.3 Å². The molecule has 14 rings (SSSR count). The summed E-state index contributed by atoms with van der Waals surface area (Å²) in [5, 5.41) is 27.3. The Hall–Kier alpha value is -9.92. The van der Waals surface area contributed by atoms with E-state index in [0.29, 0.717) is 11.1 Å². The third kappa shape index (κ3) is 8.11. The predicted octanol–water partition coefficient (Wildman–Crippen LogP) is 16.4. The summed E-state index contributed by atoms with van der Waals surface area (Å²) in [4.78, 5) is 0. The average molecular weight is 1110 g/mol. The Labute approximate surface area is 481 Å². The summed E-state index contributed by atoms with van der Waals surface area (Å²) in [6, 6.07) is 88.7. The van der Waals surface area contributed by atoms with Gasteiger partial charge in [0.2, 0.25) is 0 Å². The van der Waals surface area contributed by atoms with Gasteiger partial charge < -0.3 is 0 Å². The van der Waals surface area contributed by atoms with E-state index in [1.165, 1.54) is 83.3 Å². The number of nitriles is 2. The van der Waals surface area contributed by atoms with Crippen molar-refractivity contribution in [3.63, 3.8) is 0 Å². The molecule has 0 aliphatic heterocycles. The molecule has 0 aliphatic rings. The molecule has 3 aromatic heterocycles. The molecule has 5 nitrogen and oxygen atoms in total. The first-order valence-corrected chi connectivity index (χ1v) is 32.1. The van der Waals surface area contributed by atoms with Gasteiger partial charge in [0.25, 0.3) is 0 Å². The molecule has 14 aromatic rings. The zero-order chi connectivity index (χ0) is 56.6. The van der Waals surface area contributed by atoms with E-state index in [1.807, 2.05) is 12.1 Å². The van der Waals surface area contributed by atoms with Crippen LogP contribution in [0.4, 0.5) is 0 Å². The molecule has 0 amide bonds. The molecule has 82 heavy (non-hydrogen) atoms. The molecule has 0 aliphatic carbocycles. The SMILES string of the molecule is C=C.Cc1ccc2c(c1)c1cc(C)ccc1n2-c1c[c]([Ge]([c]2ccccc2)([c]2ccccc2)[c]2ccc(-c3ccc(C#N)c(C#N)c3)cc2)cc(-n2c3ccc(C)cc3c3cc(C)ccc32)c1-n1c2ccc(C)cc2c2cc(C)ccc21. The van der Waals surface area contributed by atoms with Gasteiger partial charge in [0.1, 0.15) is 0 Å². The number of benzene rings is 11. The van der Waals surface area contributed by atoms with Gasteiger partial charge >= 0.3 is 471 Å². The van der Waals surface area contributed by atoms with Gasteiger partial charge in [-0.15, -0.1) is 13.2 Å². The van der Waals surface area contributed by atoms with E-state index in [1.54, 1.807) is 6.07 Å². The summed E-state index contributed by atoms with van der Waals surface area (Å²) in [6.07, 6.45) is 0. The van der Waals surface area contributed by atoms with Crippen LogP contribution < -0.4 is 17.6 Å². The van der Waals surface area contributed by atoms with Crippen molar-refractivity contribution in [2.24, 2.45) is 0 Å². The van der Waals surface area contributed by atoms with Crippen molar-refractivity contribution < 1.29 is 0 Å². The molecule has 3 heterocycles. The Morgan fingerprint density at radius 3 is 0.963 bits per heavy atom. The molecule has 0 saturated heterocycles. The summed E-state index contributed by atoms with van der Waals surface area (Å²) in [7, 11) is 0. The van der Waals surface area contributed by atoms with E-state index in [0.717, 1.165) is 61.3 Å². The predicted molar refractivity (Wildman–Crippen MR) is 348 cm³/mol. The van der Waals surface area contributed by atoms with Gasteiger partial charge in [-0.05, 0) is 0 Å². The quantitative estimate of drug-likeness (QED) is 0.112. The topological polar surface area (TPSA) is 62.4 Å². The summed E-state index contributed by atoms with van der Waals surface area (Å²) in [5.74, 6) is 0. The van der Waals surface area contributed by atoms with E-state index < -0.39 is 13.3 Å². The Kier molecular flexibility index (Phi) is 12.8. The van der Waals surface area contributed by atoms with E-state index in [4.69, 9.17) is 0 Å². The molecule has 0 fully saturated rings. The Morgan fingerprint density at radius 1 is 0.305 bits per heavy atom. The molecule has 0 bridgehead atoms. The van der Waals surface area contributed by atoms with Crippen LogP contribution in [0.5, 0.6) is 0 Å². The molecule has 0 atom stereocenters. The maximum absolute atomic E-state index is 10.1. The van der Waals surface area contributed by atoms with E-state index in [9.17, 15) is 10.5 Å². The van der Waals surface area contributed by atoms with Crippen molar-refractivity contribution in [1.29, 1.82) is 10.5 Å². The monoisotopic (exact) mass is 1120 g/mol. The maximum atomic E-state index is 10.1. The molecule has 392 valence electrons. The average Bonchev–Trinajstić information content (AvgIpc) is 2.75. The zero-order valence-electron chi connectivity index (χ0n) is 47.0. The van der Waals surface area contributed by atoms with Gasteiger partial charge in [-0.25, -0.2) is 0 Å². The van der Waals surface area contributed by atoms with Gasteiger partial charge in [0, 0.05) is 0 Å². The van der Waals surface area contributed by atoms with Crippen LogP contribution in [0.2, 0.25) is 0 Å². The Balaban J connectivity index is 0.00000312. The van der Waals surface area contributed by atoms with Gasteiger partial charge in [0.15, 0.2) is 0 Å². The van der Waals surface area contributed by atoms with Crippen LogP contribution in [0.15, 0.2) is 238 Å². The van der Waals surface area contributed by atoms with Crippen LogP contribution in [-0.4, -0.2) is 27.0 Å². The van der Waals surface area contributed by atoms with Crippen molar-refractivity contribution in [2.75, 3.05) is 0 Å². The van der Waals surface area contributed by atoms with Crippen molar-refractivity contribution in [3.05, 3.63) is 282 Å². The van der Waals surface area contributed by atoms with E-state index in [-0.39, 0.29) is 0 Å². The Morgan fingerprint density at radius 2 is 0.622 bits per heavy atom. The fraction of sp³-hybridized carbons (Fsp3) is 0.0789. The molecule has 0 radical (unpaired) electrons. The standard InChI is InChI=1S/C74H55GeN5.C2H4/c1-46-17-29-66-60(35-46)61-36-47(2)18-30-67(61)78(66)72-42-59(75(56-13-9-7-10-14-56,57-15-11-8-12-16-57)58-27-25-52(26-28-58)53-23-24-54(44-76)55(41-53)45-77)43-73(79-68-31-19-48(3)37-62(68)63-38-49(4)20-32-69(63)79)74(72)80-70-33-21-50(5)39-64(70)65-40-51(6)22-34-71(65)80;1-2/h7-43H,1-6H3;1-2H2.